The number of benzene rings is 1. The van der Waals surface area contributed by atoms with E-state index in [2.05, 4.69) is 39.0 Å². The maximum absolute atomic E-state index is 12.2. The Hall–Kier alpha value is -1.62. The van der Waals surface area contributed by atoms with Crippen molar-refractivity contribution in [3.8, 4) is 0 Å². The van der Waals surface area contributed by atoms with Crippen LogP contribution < -0.4 is 4.90 Å². The summed E-state index contributed by atoms with van der Waals surface area (Å²) in [5.41, 5.74) is 0.980. The van der Waals surface area contributed by atoms with Gasteiger partial charge in [0.1, 0.15) is 5.82 Å². The maximum Gasteiger partial charge on any atom is 0.226 e. The highest BCUT2D eigenvalue weighted by atomic mass is 79.9. The van der Waals surface area contributed by atoms with Crippen molar-refractivity contribution in [3.63, 3.8) is 0 Å². The van der Waals surface area contributed by atoms with Gasteiger partial charge in [-0.2, -0.15) is 0 Å². The van der Waals surface area contributed by atoms with Crippen molar-refractivity contribution in [2.75, 3.05) is 32.1 Å². The molecule has 5 heteroatoms. The molecule has 1 unspecified atom stereocenters. The highest BCUT2D eigenvalue weighted by molar-refractivity contribution is 9.10. The molecule has 1 aromatic carbocycles. The first-order valence-electron chi connectivity index (χ1n) is 7.57. The number of hydrogen-bond donors (Lipinski definition) is 0. The lowest BCUT2D eigenvalue weighted by Gasteiger charge is -2.34. The average Bonchev–Trinajstić information content (AvgIpc) is 2.53. The van der Waals surface area contributed by atoms with Gasteiger partial charge in [0.2, 0.25) is 5.91 Å². The Kier molecular flexibility index (Phi) is 4.34. The molecule has 1 saturated heterocycles. The van der Waals surface area contributed by atoms with Gasteiger partial charge in [-0.25, -0.2) is 4.98 Å². The summed E-state index contributed by atoms with van der Waals surface area (Å²) in [5.74, 6) is 1.25. The quantitative estimate of drug-likeness (QED) is 0.823. The normalized spacial score (nSPS) is 18.5. The molecule has 2 aromatic rings. The molecule has 4 nitrogen and oxygen atoms in total. The SMILES string of the molecule is CN(C)C(=O)C1CCCN(c2ccc3ccc(Br)cc3n2)C1. The van der Waals surface area contributed by atoms with Gasteiger partial charge >= 0.3 is 0 Å². The average molecular weight is 362 g/mol. The highest BCUT2D eigenvalue weighted by Crippen LogP contribution is 2.26. The van der Waals surface area contributed by atoms with Crippen LogP contribution in [-0.2, 0) is 4.79 Å². The minimum Gasteiger partial charge on any atom is -0.356 e. The fourth-order valence-corrected chi connectivity index (χ4v) is 3.36. The second kappa shape index (κ2) is 6.24. The monoisotopic (exact) mass is 361 g/mol. The maximum atomic E-state index is 12.2. The molecule has 2 heterocycles. The molecule has 0 N–H and O–H groups in total. The van der Waals surface area contributed by atoms with Crippen LogP contribution in [0.3, 0.4) is 0 Å². The van der Waals surface area contributed by atoms with Gasteiger partial charge in [0.25, 0.3) is 0 Å². The van der Waals surface area contributed by atoms with E-state index in [9.17, 15) is 4.79 Å². The van der Waals surface area contributed by atoms with E-state index < -0.39 is 0 Å². The van der Waals surface area contributed by atoms with Gasteiger partial charge in [0, 0.05) is 37.0 Å². The smallest absolute Gasteiger partial charge is 0.226 e. The zero-order chi connectivity index (χ0) is 15.7. The molecule has 0 saturated carbocycles. The molecular weight excluding hydrogens is 342 g/mol. The summed E-state index contributed by atoms with van der Waals surface area (Å²) in [4.78, 5) is 20.9. The Morgan fingerprint density at radius 3 is 2.86 bits per heavy atom. The van der Waals surface area contributed by atoms with E-state index in [1.165, 1.54) is 0 Å². The summed E-state index contributed by atoms with van der Waals surface area (Å²) < 4.78 is 1.03. The predicted octanol–water partition coefficient (Wildman–Crippen LogP) is 3.30. The summed E-state index contributed by atoms with van der Waals surface area (Å²) in [6.07, 6.45) is 2.00. The number of aromatic nitrogens is 1. The van der Waals surface area contributed by atoms with Crippen molar-refractivity contribution in [1.29, 1.82) is 0 Å². The molecule has 1 amide bonds. The van der Waals surface area contributed by atoms with E-state index in [-0.39, 0.29) is 11.8 Å². The van der Waals surface area contributed by atoms with E-state index in [1.807, 2.05) is 26.2 Å². The molecule has 0 radical (unpaired) electrons. The molecule has 1 atom stereocenters. The van der Waals surface area contributed by atoms with E-state index in [1.54, 1.807) is 4.90 Å². The van der Waals surface area contributed by atoms with Crippen molar-refractivity contribution in [2.45, 2.75) is 12.8 Å². The first-order valence-corrected chi connectivity index (χ1v) is 8.36. The highest BCUT2D eigenvalue weighted by Gasteiger charge is 2.27. The molecule has 22 heavy (non-hydrogen) atoms. The van der Waals surface area contributed by atoms with Crippen LogP contribution in [0, 0.1) is 5.92 Å². The number of halogens is 1. The van der Waals surface area contributed by atoms with Crippen molar-refractivity contribution < 1.29 is 4.79 Å². The topological polar surface area (TPSA) is 36.4 Å². The third-order valence-electron chi connectivity index (χ3n) is 4.17. The number of carbonyl (C=O) groups is 1. The van der Waals surface area contributed by atoms with Crippen LogP contribution in [0.25, 0.3) is 10.9 Å². The van der Waals surface area contributed by atoms with Crippen LogP contribution in [-0.4, -0.2) is 43.0 Å². The van der Waals surface area contributed by atoms with Crippen LogP contribution in [0.2, 0.25) is 0 Å². The molecule has 1 aliphatic heterocycles. The fourth-order valence-electron chi connectivity index (χ4n) is 3.01. The van der Waals surface area contributed by atoms with Crippen molar-refractivity contribution >= 4 is 38.6 Å². The van der Waals surface area contributed by atoms with Gasteiger partial charge in [-0.05, 0) is 37.1 Å². The van der Waals surface area contributed by atoms with Crippen LogP contribution >= 0.6 is 15.9 Å². The van der Waals surface area contributed by atoms with Gasteiger partial charge in [0.05, 0.1) is 11.4 Å². The Labute approximate surface area is 139 Å². The fraction of sp³-hybridized carbons (Fsp3) is 0.412. The lowest BCUT2D eigenvalue weighted by Crippen LogP contribution is -2.43. The van der Waals surface area contributed by atoms with Crippen molar-refractivity contribution in [2.24, 2.45) is 5.92 Å². The first-order chi connectivity index (χ1) is 10.5. The molecule has 1 aliphatic rings. The van der Waals surface area contributed by atoms with Gasteiger partial charge in [-0.3, -0.25) is 4.79 Å². The number of carbonyl (C=O) groups excluding carboxylic acids is 1. The summed E-state index contributed by atoms with van der Waals surface area (Å²) >= 11 is 3.49. The summed E-state index contributed by atoms with van der Waals surface area (Å²) in [5, 5.41) is 1.13. The van der Waals surface area contributed by atoms with Crippen molar-refractivity contribution in [3.05, 3.63) is 34.8 Å². The van der Waals surface area contributed by atoms with Gasteiger partial charge < -0.3 is 9.80 Å². The van der Waals surface area contributed by atoms with Gasteiger partial charge in [-0.15, -0.1) is 0 Å². The van der Waals surface area contributed by atoms with Crippen LogP contribution in [0.4, 0.5) is 5.82 Å². The number of pyridine rings is 1. The standard InChI is InChI=1S/C17H20BrN3O/c1-20(2)17(22)13-4-3-9-21(11-13)16-8-6-12-5-7-14(18)10-15(12)19-16/h5-8,10,13H,3-4,9,11H2,1-2H3. The summed E-state index contributed by atoms with van der Waals surface area (Å²) in [6, 6.07) is 10.3. The molecule has 0 spiro atoms. The van der Waals surface area contributed by atoms with Crippen LogP contribution in [0.15, 0.2) is 34.8 Å². The zero-order valence-corrected chi connectivity index (χ0v) is 14.5. The second-order valence-corrected chi connectivity index (χ2v) is 6.94. The molecule has 0 bridgehead atoms. The second-order valence-electron chi connectivity index (χ2n) is 6.02. The Morgan fingerprint density at radius 2 is 2.09 bits per heavy atom. The Balaban J connectivity index is 1.85. The van der Waals surface area contributed by atoms with E-state index in [4.69, 9.17) is 4.98 Å². The number of hydrogen-bond acceptors (Lipinski definition) is 3. The van der Waals surface area contributed by atoms with E-state index >= 15 is 0 Å². The molecule has 0 aliphatic carbocycles. The third-order valence-corrected chi connectivity index (χ3v) is 4.67. The lowest BCUT2D eigenvalue weighted by atomic mass is 9.96. The van der Waals surface area contributed by atoms with Crippen molar-refractivity contribution in [1.82, 2.24) is 9.88 Å². The number of nitrogens with zero attached hydrogens (tertiary/aromatic N) is 3. The van der Waals surface area contributed by atoms with E-state index in [0.29, 0.717) is 0 Å². The molecule has 1 aromatic heterocycles. The number of anilines is 1. The zero-order valence-electron chi connectivity index (χ0n) is 12.9. The minimum atomic E-state index is 0.0729. The third kappa shape index (κ3) is 3.09. The van der Waals surface area contributed by atoms with Crippen LogP contribution in [0.5, 0.6) is 0 Å². The number of piperidine rings is 1. The summed E-state index contributed by atoms with van der Waals surface area (Å²) in [6.45, 7) is 1.72. The minimum absolute atomic E-state index is 0.0729. The predicted molar refractivity (Wildman–Crippen MR) is 93.1 cm³/mol. The molecular formula is C17H20BrN3O. The first kappa shape index (κ1) is 15.3. The lowest BCUT2D eigenvalue weighted by molar-refractivity contribution is -0.133. The van der Waals surface area contributed by atoms with Gasteiger partial charge in [0.15, 0.2) is 0 Å². The molecule has 3 rings (SSSR count). The Bertz CT molecular complexity index is 701. The number of amides is 1. The largest absolute Gasteiger partial charge is 0.356 e. The Morgan fingerprint density at radius 1 is 1.32 bits per heavy atom. The number of rotatable bonds is 2. The van der Waals surface area contributed by atoms with E-state index in [0.717, 1.165) is 47.1 Å². The molecule has 116 valence electrons. The number of fused-ring (bicyclic) bond motifs is 1. The molecule has 1 fully saturated rings. The van der Waals surface area contributed by atoms with Crippen LogP contribution in [0.1, 0.15) is 12.8 Å². The van der Waals surface area contributed by atoms with Gasteiger partial charge in [-0.1, -0.05) is 22.0 Å². The summed E-state index contributed by atoms with van der Waals surface area (Å²) in [7, 11) is 3.65.